The number of rotatable bonds is 8. The highest BCUT2D eigenvalue weighted by molar-refractivity contribution is 14.0. The number of guanidine groups is 1. The number of alkyl halides is 3. The maximum absolute atomic E-state index is 14.0. The third-order valence-corrected chi connectivity index (χ3v) is 4.14. The van der Waals surface area contributed by atoms with Gasteiger partial charge >= 0.3 is 6.18 Å². The van der Waals surface area contributed by atoms with Crippen molar-refractivity contribution < 1.29 is 22.3 Å². The molecule has 4 nitrogen and oxygen atoms in total. The van der Waals surface area contributed by atoms with Crippen LogP contribution in [0.25, 0.3) is 0 Å². The van der Waals surface area contributed by atoms with Crippen LogP contribution in [0.1, 0.15) is 24.8 Å². The van der Waals surface area contributed by atoms with Crippen molar-refractivity contribution >= 4 is 29.9 Å². The summed E-state index contributed by atoms with van der Waals surface area (Å²) >= 11 is 0. The zero-order valence-corrected chi connectivity index (χ0v) is 16.9. The van der Waals surface area contributed by atoms with E-state index >= 15 is 0 Å². The number of ether oxygens (including phenoxy) is 1. The number of aliphatic imine (C=N–C) groups is 1. The third-order valence-electron chi connectivity index (χ3n) is 4.14. The van der Waals surface area contributed by atoms with Gasteiger partial charge in [0.1, 0.15) is 12.4 Å². The van der Waals surface area contributed by atoms with Crippen molar-refractivity contribution in [2.75, 3.05) is 33.4 Å². The Kier molecular flexibility index (Phi) is 9.08. The van der Waals surface area contributed by atoms with E-state index in [0.717, 1.165) is 12.8 Å². The fraction of sp³-hybridized carbons (Fsp3) is 0.588. The minimum absolute atomic E-state index is 0. The summed E-state index contributed by atoms with van der Waals surface area (Å²) in [6, 6.07) is 6.76. The van der Waals surface area contributed by atoms with Crippen molar-refractivity contribution in [3.8, 4) is 0 Å². The van der Waals surface area contributed by atoms with Gasteiger partial charge in [0, 0.05) is 32.2 Å². The molecule has 1 aromatic carbocycles. The Labute approximate surface area is 167 Å². The molecule has 0 atom stereocenters. The van der Waals surface area contributed by atoms with Gasteiger partial charge in [-0.25, -0.2) is 4.39 Å². The second-order valence-electron chi connectivity index (χ2n) is 6.13. The molecule has 9 heteroatoms. The number of benzene rings is 1. The molecule has 1 aliphatic carbocycles. The fourth-order valence-electron chi connectivity index (χ4n) is 2.63. The molecular formula is C17H24F4IN3O. The van der Waals surface area contributed by atoms with E-state index in [1.165, 1.54) is 6.07 Å². The van der Waals surface area contributed by atoms with E-state index < -0.39 is 12.8 Å². The highest BCUT2D eigenvalue weighted by Gasteiger charge is 2.45. The molecule has 0 heterocycles. The van der Waals surface area contributed by atoms with Crippen LogP contribution in [0.5, 0.6) is 0 Å². The van der Waals surface area contributed by atoms with Gasteiger partial charge in [-0.05, 0) is 30.9 Å². The van der Waals surface area contributed by atoms with Crippen LogP contribution >= 0.6 is 24.0 Å². The van der Waals surface area contributed by atoms with Crippen LogP contribution in [-0.2, 0) is 10.2 Å². The van der Waals surface area contributed by atoms with Crippen molar-refractivity contribution in [1.82, 2.24) is 10.6 Å². The highest BCUT2D eigenvalue weighted by Crippen LogP contribution is 2.48. The Morgan fingerprint density at radius 2 is 1.92 bits per heavy atom. The van der Waals surface area contributed by atoms with Gasteiger partial charge in [0.15, 0.2) is 5.96 Å². The topological polar surface area (TPSA) is 45.7 Å². The molecule has 2 N–H and O–H groups in total. The summed E-state index contributed by atoms with van der Waals surface area (Å²) in [6.07, 6.45) is -2.06. The molecule has 1 aliphatic rings. The van der Waals surface area contributed by atoms with Crippen molar-refractivity contribution in [3.63, 3.8) is 0 Å². The molecule has 0 aliphatic heterocycles. The molecular weight excluding hydrogens is 465 g/mol. The standard InChI is InChI=1S/C17H23F4N3O.HI/c1-22-15(23-9-4-10-25-12-17(19,20)21)24-11-16(7-8-16)13-5-2-3-6-14(13)18;/h2-3,5-6H,4,7-12H2,1H3,(H2,22,23,24);1H. The van der Waals surface area contributed by atoms with E-state index in [9.17, 15) is 17.6 Å². The molecule has 0 aromatic heterocycles. The number of hydrogen-bond donors (Lipinski definition) is 2. The monoisotopic (exact) mass is 489 g/mol. The lowest BCUT2D eigenvalue weighted by molar-refractivity contribution is -0.173. The molecule has 0 unspecified atom stereocenters. The SMILES string of the molecule is CN=C(NCCCOCC(F)(F)F)NCC1(c2ccccc2F)CC1.I. The van der Waals surface area contributed by atoms with Gasteiger partial charge in [0.2, 0.25) is 0 Å². The lowest BCUT2D eigenvalue weighted by Gasteiger charge is -2.19. The summed E-state index contributed by atoms with van der Waals surface area (Å²) in [4.78, 5) is 4.07. The van der Waals surface area contributed by atoms with E-state index in [0.29, 0.717) is 31.0 Å². The first-order chi connectivity index (χ1) is 11.9. The summed E-state index contributed by atoms with van der Waals surface area (Å²) in [7, 11) is 1.61. The lowest BCUT2D eigenvalue weighted by Crippen LogP contribution is -2.42. The summed E-state index contributed by atoms with van der Waals surface area (Å²) in [6.45, 7) is -0.226. The Morgan fingerprint density at radius 3 is 2.50 bits per heavy atom. The molecule has 0 amide bonds. The Hall–Kier alpha value is -1.10. The Bertz CT molecular complexity index is 592. The van der Waals surface area contributed by atoms with Crippen molar-refractivity contribution in [3.05, 3.63) is 35.6 Å². The third kappa shape index (κ3) is 7.26. The zero-order valence-electron chi connectivity index (χ0n) is 14.5. The molecule has 0 bridgehead atoms. The predicted octanol–water partition coefficient (Wildman–Crippen LogP) is 3.61. The van der Waals surface area contributed by atoms with Gasteiger partial charge in [0.25, 0.3) is 0 Å². The van der Waals surface area contributed by atoms with Crippen molar-refractivity contribution in [2.45, 2.75) is 30.9 Å². The number of hydrogen-bond acceptors (Lipinski definition) is 2. The maximum Gasteiger partial charge on any atom is 0.411 e. The Balaban J connectivity index is 0.00000338. The molecule has 148 valence electrons. The van der Waals surface area contributed by atoms with Gasteiger partial charge < -0.3 is 15.4 Å². The Morgan fingerprint density at radius 1 is 1.23 bits per heavy atom. The van der Waals surface area contributed by atoms with Gasteiger partial charge in [0.05, 0.1) is 0 Å². The normalized spacial score (nSPS) is 16.0. The van der Waals surface area contributed by atoms with Crippen LogP contribution < -0.4 is 10.6 Å². The lowest BCUT2D eigenvalue weighted by atomic mass is 9.95. The molecule has 0 saturated heterocycles. The van der Waals surface area contributed by atoms with Crippen LogP contribution in [0.2, 0.25) is 0 Å². The first-order valence-corrected chi connectivity index (χ1v) is 8.20. The van der Waals surface area contributed by atoms with Gasteiger partial charge in [-0.3, -0.25) is 4.99 Å². The number of nitrogens with zero attached hydrogens (tertiary/aromatic N) is 1. The van der Waals surface area contributed by atoms with Gasteiger partial charge in [-0.15, -0.1) is 24.0 Å². The second kappa shape index (κ2) is 10.3. The van der Waals surface area contributed by atoms with Crippen LogP contribution in [0, 0.1) is 5.82 Å². The molecule has 26 heavy (non-hydrogen) atoms. The number of nitrogens with one attached hydrogen (secondary N) is 2. The quantitative estimate of drug-likeness (QED) is 0.193. The average Bonchev–Trinajstić information content (AvgIpc) is 3.34. The van der Waals surface area contributed by atoms with Crippen LogP contribution in [0.4, 0.5) is 17.6 Å². The first-order valence-electron chi connectivity index (χ1n) is 8.20. The molecule has 1 fully saturated rings. The predicted molar refractivity (Wildman–Crippen MR) is 104 cm³/mol. The maximum atomic E-state index is 14.0. The van der Waals surface area contributed by atoms with E-state index in [-0.39, 0.29) is 41.8 Å². The largest absolute Gasteiger partial charge is 0.411 e. The zero-order chi connectivity index (χ0) is 18.3. The fourth-order valence-corrected chi connectivity index (χ4v) is 2.63. The van der Waals surface area contributed by atoms with Crippen LogP contribution in [0.3, 0.4) is 0 Å². The minimum Gasteiger partial charge on any atom is -0.372 e. The molecule has 1 aromatic rings. The number of halogens is 5. The highest BCUT2D eigenvalue weighted by atomic mass is 127. The van der Waals surface area contributed by atoms with Crippen LogP contribution in [-0.4, -0.2) is 45.5 Å². The first kappa shape index (κ1) is 22.9. The van der Waals surface area contributed by atoms with E-state index in [1.807, 2.05) is 6.07 Å². The molecule has 2 rings (SSSR count). The summed E-state index contributed by atoms with van der Waals surface area (Å²) < 4.78 is 54.3. The van der Waals surface area contributed by atoms with Crippen LogP contribution in [0.15, 0.2) is 29.3 Å². The molecule has 0 radical (unpaired) electrons. The van der Waals surface area contributed by atoms with Gasteiger partial charge in [-0.1, -0.05) is 18.2 Å². The van der Waals surface area contributed by atoms with Crippen molar-refractivity contribution in [1.29, 1.82) is 0 Å². The smallest absolute Gasteiger partial charge is 0.372 e. The van der Waals surface area contributed by atoms with E-state index in [2.05, 4.69) is 20.4 Å². The summed E-state index contributed by atoms with van der Waals surface area (Å²) in [5, 5.41) is 6.18. The molecule has 1 saturated carbocycles. The van der Waals surface area contributed by atoms with E-state index in [1.54, 1.807) is 19.2 Å². The van der Waals surface area contributed by atoms with Gasteiger partial charge in [-0.2, -0.15) is 13.2 Å². The summed E-state index contributed by atoms with van der Waals surface area (Å²) in [5.41, 5.74) is 0.497. The van der Waals surface area contributed by atoms with E-state index in [4.69, 9.17) is 0 Å². The minimum atomic E-state index is -4.30. The average molecular weight is 489 g/mol. The van der Waals surface area contributed by atoms with Crippen molar-refractivity contribution in [2.24, 2.45) is 4.99 Å². The molecule has 0 spiro atoms. The summed E-state index contributed by atoms with van der Waals surface area (Å²) in [5.74, 6) is 0.338. The second-order valence-corrected chi connectivity index (χ2v) is 6.13.